The third-order valence-electron chi connectivity index (χ3n) is 3.23. The summed E-state index contributed by atoms with van der Waals surface area (Å²) in [5, 5.41) is 12.7. The molecule has 1 N–H and O–H groups in total. The fourth-order valence-electron chi connectivity index (χ4n) is 2.51. The van der Waals surface area contributed by atoms with E-state index in [1.54, 1.807) is 0 Å². The summed E-state index contributed by atoms with van der Waals surface area (Å²) in [6.45, 7) is 11.9. The highest BCUT2D eigenvalue weighted by Crippen LogP contribution is 2.17. The van der Waals surface area contributed by atoms with Crippen LogP contribution >= 0.6 is 0 Å². The number of hydrogen-bond acceptors (Lipinski definition) is 4. The largest absolute Gasteiger partial charge is 0.379 e. The Morgan fingerprint density at radius 3 is 2.41 bits per heavy atom. The zero-order valence-corrected chi connectivity index (χ0v) is 11.5. The lowest BCUT2D eigenvalue weighted by Crippen LogP contribution is -2.51. The minimum absolute atomic E-state index is 0.330. The Kier molecular flexibility index (Phi) is 5.38. The predicted molar refractivity (Wildman–Crippen MR) is 68.8 cm³/mol. The summed E-state index contributed by atoms with van der Waals surface area (Å²) in [6.07, 6.45) is 0.849. The fourth-order valence-corrected chi connectivity index (χ4v) is 2.51. The standard InChI is InChI=1S/C13H25N3O/c1-11(2)15-13(4,10-14)9-12(3)16-5-7-17-8-6-16/h11-12,15H,5-9H2,1-4H3. The van der Waals surface area contributed by atoms with Gasteiger partial charge in [0.2, 0.25) is 0 Å². The van der Waals surface area contributed by atoms with E-state index in [0.717, 1.165) is 32.7 Å². The second kappa shape index (κ2) is 6.34. The third-order valence-corrected chi connectivity index (χ3v) is 3.23. The molecule has 0 spiro atoms. The lowest BCUT2D eigenvalue weighted by molar-refractivity contribution is 0.0148. The highest BCUT2D eigenvalue weighted by atomic mass is 16.5. The second-order valence-corrected chi connectivity index (χ2v) is 5.44. The van der Waals surface area contributed by atoms with Gasteiger partial charge in [-0.05, 0) is 34.1 Å². The van der Waals surface area contributed by atoms with Gasteiger partial charge in [-0.3, -0.25) is 10.2 Å². The van der Waals surface area contributed by atoms with Gasteiger partial charge in [-0.1, -0.05) is 0 Å². The first-order valence-electron chi connectivity index (χ1n) is 6.47. The number of nitrogens with one attached hydrogen (secondary N) is 1. The van der Waals surface area contributed by atoms with Crippen LogP contribution in [-0.4, -0.2) is 48.8 Å². The smallest absolute Gasteiger partial charge is 0.105 e. The van der Waals surface area contributed by atoms with Gasteiger partial charge in [0.25, 0.3) is 0 Å². The Morgan fingerprint density at radius 1 is 1.35 bits per heavy atom. The van der Waals surface area contributed by atoms with Crippen LogP contribution in [0.25, 0.3) is 0 Å². The van der Waals surface area contributed by atoms with E-state index in [1.165, 1.54) is 0 Å². The predicted octanol–water partition coefficient (Wildman–Crippen LogP) is 1.38. The molecule has 0 radical (unpaired) electrons. The molecule has 0 saturated carbocycles. The van der Waals surface area contributed by atoms with Crippen molar-refractivity contribution in [1.82, 2.24) is 10.2 Å². The van der Waals surface area contributed by atoms with Crippen molar-refractivity contribution in [2.75, 3.05) is 26.3 Å². The van der Waals surface area contributed by atoms with Crippen molar-refractivity contribution in [1.29, 1.82) is 5.26 Å². The number of ether oxygens (including phenoxy) is 1. The molecule has 1 aliphatic heterocycles. The molecule has 0 aromatic rings. The van der Waals surface area contributed by atoms with Gasteiger partial charge >= 0.3 is 0 Å². The summed E-state index contributed by atoms with van der Waals surface area (Å²) in [5.41, 5.74) is -0.439. The van der Waals surface area contributed by atoms with E-state index in [0.29, 0.717) is 12.1 Å². The maximum absolute atomic E-state index is 9.33. The Bertz CT molecular complexity index is 268. The van der Waals surface area contributed by atoms with Crippen LogP contribution in [0.1, 0.15) is 34.1 Å². The molecule has 1 aliphatic rings. The molecule has 1 fully saturated rings. The van der Waals surface area contributed by atoms with E-state index in [-0.39, 0.29) is 0 Å². The van der Waals surface area contributed by atoms with Gasteiger partial charge in [0.05, 0.1) is 19.3 Å². The monoisotopic (exact) mass is 239 g/mol. The quantitative estimate of drug-likeness (QED) is 0.787. The summed E-state index contributed by atoms with van der Waals surface area (Å²) in [4.78, 5) is 2.40. The molecule has 0 aromatic carbocycles. The van der Waals surface area contributed by atoms with Crippen molar-refractivity contribution in [2.45, 2.75) is 51.7 Å². The average molecular weight is 239 g/mol. The third kappa shape index (κ3) is 4.63. The van der Waals surface area contributed by atoms with Crippen LogP contribution in [-0.2, 0) is 4.74 Å². The summed E-state index contributed by atoms with van der Waals surface area (Å²) in [5.74, 6) is 0. The number of rotatable bonds is 5. The van der Waals surface area contributed by atoms with Gasteiger partial charge < -0.3 is 4.74 Å². The van der Waals surface area contributed by atoms with Crippen molar-refractivity contribution in [3.63, 3.8) is 0 Å². The molecular formula is C13H25N3O. The minimum Gasteiger partial charge on any atom is -0.379 e. The van der Waals surface area contributed by atoms with Crippen LogP contribution in [0.15, 0.2) is 0 Å². The summed E-state index contributed by atoms with van der Waals surface area (Å²) in [6, 6.07) is 3.15. The van der Waals surface area contributed by atoms with Crippen LogP contribution in [0.3, 0.4) is 0 Å². The first kappa shape index (κ1) is 14.4. The number of nitrogens with zero attached hydrogens (tertiary/aromatic N) is 2. The van der Waals surface area contributed by atoms with E-state index in [4.69, 9.17) is 4.74 Å². The number of hydrogen-bond donors (Lipinski definition) is 1. The van der Waals surface area contributed by atoms with E-state index in [9.17, 15) is 5.26 Å². The molecule has 0 bridgehead atoms. The minimum atomic E-state index is -0.439. The molecule has 1 rings (SSSR count). The SMILES string of the molecule is CC(C)NC(C)(C#N)CC(C)N1CCOCC1. The lowest BCUT2D eigenvalue weighted by atomic mass is 9.93. The van der Waals surface area contributed by atoms with E-state index in [1.807, 2.05) is 6.92 Å². The second-order valence-electron chi connectivity index (χ2n) is 5.44. The average Bonchev–Trinajstić information content (AvgIpc) is 2.29. The van der Waals surface area contributed by atoms with Gasteiger partial charge in [0.15, 0.2) is 0 Å². The molecule has 0 aromatic heterocycles. The maximum atomic E-state index is 9.33. The summed E-state index contributed by atoms with van der Waals surface area (Å²) < 4.78 is 5.35. The number of nitriles is 1. The molecule has 0 aliphatic carbocycles. The molecular weight excluding hydrogens is 214 g/mol. The highest BCUT2D eigenvalue weighted by molar-refractivity contribution is 5.06. The summed E-state index contributed by atoms with van der Waals surface area (Å²) >= 11 is 0. The van der Waals surface area contributed by atoms with Crippen LogP contribution < -0.4 is 5.32 Å². The zero-order valence-electron chi connectivity index (χ0n) is 11.5. The van der Waals surface area contributed by atoms with E-state index >= 15 is 0 Å². The van der Waals surface area contributed by atoms with Gasteiger partial charge in [-0.25, -0.2) is 0 Å². The Morgan fingerprint density at radius 2 is 1.94 bits per heavy atom. The molecule has 2 unspecified atom stereocenters. The van der Waals surface area contributed by atoms with Gasteiger partial charge in [-0.15, -0.1) is 0 Å². The highest BCUT2D eigenvalue weighted by Gasteiger charge is 2.29. The van der Waals surface area contributed by atoms with Gasteiger partial charge in [0, 0.05) is 25.2 Å². The molecule has 4 nitrogen and oxygen atoms in total. The van der Waals surface area contributed by atoms with E-state index in [2.05, 4.69) is 37.1 Å². The first-order chi connectivity index (χ1) is 7.97. The van der Waals surface area contributed by atoms with Crippen LogP contribution in [0, 0.1) is 11.3 Å². The van der Waals surface area contributed by atoms with Crippen molar-refractivity contribution >= 4 is 0 Å². The topological polar surface area (TPSA) is 48.3 Å². The molecule has 98 valence electrons. The van der Waals surface area contributed by atoms with Crippen molar-refractivity contribution < 1.29 is 4.74 Å². The molecule has 4 heteroatoms. The molecule has 1 heterocycles. The van der Waals surface area contributed by atoms with Crippen LogP contribution in [0.2, 0.25) is 0 Å². The molecule has 0 amide bonds. The Labute approximate surface area is 105 Å². The zero-order chi connectivity index (χ0) is 12.9. The maximum Gasteiger partial charge on any atom is 0.105 e. The number of morpholine rings is 1. The first-order valence-corrected chi connectivity index (χ1v) is 6.47. The Balaban J connectivity index is 2.52. The summed E-state index contributed by atoms with van der Waals surface area (Å²) in [7, 11) is 0. The van der Waals surface area contributed by atoms with E-state index < -0.39 is 5.54 Å². The normalized spacial score (nSPS) is 23.1. The lowest BCUT2D eigenvalue weighted by Gasteiger charge is -2.36. The van der Waals surface area contributed by atoms with Crippen molar-refractivity contribution in [2.24, 2.45) is 0 Å². The molecule has 2 atom stereocenters. The van der Waals surface area contributed by atoms with Gasteiger partial charge in [0.1, 0.15) is 5.54 Å². The van der Waals surface area contributed by atoms with Gasteiger partial charge in [-0.2, -0.15) is 5.26 Å². The fraction of sp³-hybridized carbons (Fsp3) is 0.923. The van der Waals surface area contributed by atoms with Crippen molar-refractivity contribution in [3.05, 3.63) is 0 Å². The van der Waals surface area contributed by atoms with Crippen LogP contribution in [0.4, 0.5) is 0 Å². The molecule has 17 heavy (non-hydrogen) atoms. The van der Waals surface area contributed by atoms with Crippen LogP contribution in [0.5, 0.6) is 0 Å². The Hall–Kier alpha value is -0.630. The van der Waals surface area contributed by atoms with Crippen molar-refractivity contribution in [3.8, 4) is 6.07 Å². The molecule has 1 saturated heterocycles.